The highest BCUT2D eigenvalue weighted by Gasteiger charge is 2.50. The van der Waals surface area contributed by atoms with Gasteiger partial charge in [0.2, 0.25) is 5.91 Å². The molecule has 17 heavy (non-hydrogen) atoms. The van der Waals surface area contributed by atoms with Gasteiger partial charge < -0.3 is 15.0 Å². The molecule has 2 fully saturated rings. The summed E-state index contributed by atoms with van der Waals surface area (Å²) in [5.41, 5.74) is -0.0747. The fraction of sp³-hybridized carbons (Fsp3) is 0.923. The van der Waals surface area contributed by atoms with Crippen molar-refractivity contribution in [2.75, 3.05) is 40.4 Å². The van der Waals surface area contributed by atoms with E-state index in [2.05, 4.69) is 5.32 Å². The van der Waals surface area contributed by atoms with Crippen LogP contribution in [0.2, 0.25) is 0 Å². The number of nitrogens with zero attached hydrogens (tertiary/aromatic N) is 1. The minimum absolute atomic E-state index is 0.0747. The lowest BCUT2D eigenvalue weighted by Gasteiger charge is -2.29. The third-order valence-electron chi connectivity index (χ3n) is 4.04. The molecule has 0 radical (unpaired) electrons. The zero-order valence-electron chi connectivity index (χ0n) is 11.0. The van der Waals surface area contributed by atoms with Crippen LogP contribution in [0.25, 0.3) is 0 Å². The predicted octanol–water partition coefficient (Wildman–Crippen LogP) is 0.871. The summed E-state index contributed by atoms with van der Waals surface area (Å²) in [4.78, 5) is 14.3. The molecule has 1 aliphatic heterocycles. The molecule has 0 aromatic carbocycles. The van der Waals surface area contributed by atoms with Crippen LogP contribution in [0.3, 0.4) is 0 Å². The van der Waals surface area contributed by atoms with Crippen molar-refractivity contribution in [1.82, 2.24) is 10.2 Å². The summed E-state index contributed by atoms with van der Waals surface area (Å²) in [5, 5.41) is 3.14. The van der Waals surface area contributed by atoms with Crippen LogP contribution in [0.15, 0.2) is 0 Å². The second-order valence-corrected chi connectivity index (χ2v) is 5.55. The smallest absolute Gasteiger partial charge is 0.229 e. The predicted molar refractivity (Wildman–Crippen MR) is 66.8 cm³/mol. The fourth-order valence-corrected chi connectivity index (χ4v) is 2.76. The van der Waals surface area contributed by atoms with Crippen LogP contribution < -0.4 is 5.32 Å². The lowest BCUT2D eigenvalue weighted by molar-refractivity contribution is -0.136. The summed E-state index contributed by atoms with van der Waals surface area (Å²) in [6.45, 7) is 3.43. The molecule has 0 spiro atoms. The minimum atomic E-state index is -0.0747. The van der Waals surface area contributed by atoms with Crippen molar-refractivity contribution >= 4 is 5.91 Å². The Labute approximate surface area is 104 Å². The molecule has 0 aromatic heterocycles. The lowest BCUT2D eigenvalue weighted by atomic mass is 9.98. The van der Waals surface area contributed by atoms with Gasteiger partial charge >= 0.3 is 0 Å². The summed E-state index contributed by atoms with van der Waals surface area (Å²) in [6.07, 6.45) is 4.28. The van der Waals surface area contributed by atoms with Crippen molar-refractivity contribution in [2.24, 2.45) is 11.3 Å². The number of carbonyl (C=O) groups is 1. The van der Waals surface area contributed by atoms with Gasteiger partial charge in [0.1, 0.15) is 0 Å². The Kier molecular flexibility index (Phi) is 4.05. The van der Waals surface area contributed by atoms with Crippen LogP contribution in [-0.2, 0) is 9.53 Å². The van der Waals surface area contributed by atoms with E-state index in [1.165, 1.54) is 0 Å². The van der Waals surface area contributed by atoms with Gasteiger partial charge in [-0.05, 0) is 38.6 Å². The number of ether oxygens (including phenoxy) is 1. The second kappa shape index (κ2) is 5.36. The molecule has 0 unspecified atom stereocenters. The highest BCUT2D eigenvalue weighted by atomic mass is 16.5. The van der Waals surface area contributed by atoms with E-state index >= 15 is 0 Å². The van der Waals surface area contributed by atoms with E-state index in [9.17, 15) is 4.79 Å². The minimum Gasteiger partial charge on any atom is -0.381 e. The second-order valence-electron chi connectivity index (χ2n) is 5.55. The van der Waals surface area contributed by atoms with Gasteiger partial charge in [-0.1, -0.05) is 0 Å². The third kappa shape index (κ3) is 2.99. The van der Waals surface area contributed by atoms with E-state index in [0.29, 0.717) is 11.8 Å². The average molecular weight is 240 g/mol. The average Bonchev–Trinajstić information content (AvgIpc) is 3.11. The van der Waals surface area contributed by atoms with Crippen LogP contribution in [0, 0.1) is 11.3 Å². The maximum absolute atomic E-state index is 12.3. The van der Waals surface area contributed by atoms with Gasteiger partial charge in [-0.25, -0.2) is 0 Å². The van der Waals surface area contributed by atoms with Crippen molar-refractivity contribution in [3.63, 3.8) is 0 Å². The number of amides is 1. The van der Waals surface area contributed by atoms with Crippen LogP contribution >= 0.6 is 0 Å². The topological polar surface area (TPSA) is 41.6 Å². The van der Waals surface area contributed by atoms with Crippen LogP contribution in [0.5, 0.6) is 0 Å². The molecule has 2 rings (SSSR count). The Balaban J connectivity index is 1.82. The Morgan fingerprint density at radius 3 is 2.59 bits per heavy atom. The summed E-state index contributed by atoms with van der Waals surface area (Å²) >= 11 is 0. The Morgan fingerprint density at radius 2 is 2.06 bits per heavy atom. The largest absolute Gasteiger partial charge is 0.381 e. The van der Waals surface area contributed by atoms with E-state index < -0.39 is 0 Å². The van der Waals surface area contributed by atoms with Crippen molar-refractivity contribution in [3.05, 3.63) is 0 Å². The van der Waals surface area contributed by atoms with Crippen LogP contribution in [-0.4, -0.2) is 51.2 Å². The quantitative estimate of drug-likeness (QED) is 0.775. The first-order valence-electron chi connectivity index (χ1n) is 6.66. The van der Waals surface area contributed by atoms with Crippen molar-refractivity contribution in [2.45, 2.75) is 25.7 Å². The third-order valence-corrected chi connectivity index (χ3v) is 4.04. The van der Waals surface area contributed by atoms with Crippen LogP contribution in [0.1, 0.15) is 25.7 Å². The van der Waals surface area contributed by atoms with Crippen molar-refractivity contribution < 1.29 is 9.53 Å². The van der Waals surface area contributed by atoms with Gasteiger partial charge in [0, 0.05) is 33.4 Å². The fourth-order valence-electron chi connectivity index (χ4n) is 2.76. The molecule has 1 saturated heterocycles. The lowest BCUT2D eigenvalue weighted by Crippen LogP contribution is -2.41. The van der Waals surface area contributed by atoms with E-state index in [1.54, 1.807) is 0 Å². The monoisotopic (exact) mass is 240 g/mol. The Morgan fingerprint density at radius 1 is 1.41 bits per heavy atom. The highest BCUT2D eigenvalue weighted by molar-refractivity contribution is 5.85. The Hall–Kier alpha value is -0.610. The molecule has 1 saturated carbocycles. The van der Waals surface area contributed by atoms with E-state index in [1.807, 2.05) is 19.0 Å². The number of hydrogen-bond donors (Lipinski definition) is 1. The van der Waals surface area contributed by atoms with Gasteiger partial charge in [0.25, 0.3) is 0 Å². The molecular formula is C13H24N2O2. The molecule has 1 N–H and O–H groups in total. The first-order chi connectivity index (χ1) is 8.18. The number of nitrogens with one attached hydrogen (secondary N) is 1. The molecule has 98 valence electrons. The Bertz CT molecular complexity index is 271. The van der Waals surface area contributed by atoms with Gasteiger partial charge in [-0.2, -0.15) is 0 Å². The number of hydrogen-bond acceptors (Lipinski definition) is 3. The molecule has 0 bridgehead atoms. The first kappa shape index (κ1) is 12.8. The molecule has 1 heterocycles. The number of rotatable bonds is 5. The van der Waals surface area contributed by atoms with Gasteiger partial charge in [0.15, 0.2) is 0 Å². The maximum Gasteiger partial charge on any atom is 0.229 e. The molecule has 1 aliphatic carbocycles. The SMILES string of the molecule is CNCC1(C(=O)N(C)CC2CCOCC2)CC1. The van der Waals surface area contributed by atoms with E-state index in [4.69, 9.17) is 4.74 Å². The number of carbonyl (C=O) groups excluding carboxylic acids is 1. The highest BCUT2D eigenvalue weighted by Crippen LogP contribution is 2.46. The van der Waals surface area contributed by atoms with Crippen LogP contribution in [0.4, 0.5) is 0 Å². The summed E-state index contributed by atoms with van der Waals surface area (Å²) < 4.78 is 5.35. The molecule has 0 atom stereocenters. The zero-order chi connectivity index (χ0) is 12.3. The standard InChI is InChI=1S/C13H24N2O2/c1-14-10-13(5-6-13)12(16)15(2)9-11-3-7-17-8-4-11/h11,14H,3-10H2,1-2H3. The molecular weight excluding hydrogens is 216 g/mol. The van der Waals surface area contributed by atoms with Crippen molar-refractivity contribution in [1.29, 1.82) is 0 Å². The molecule has 2 aliphatic rings. The van der Waals surface area contributed by atoms with Gasteiger partial charge in [-0.15, -0.1) is 0 Å². The molecule has 0 aromatic rings. The summed E-state index contributed by atoms with van der Waals surface area (Å²) in [7, 11) is 3.87. The normalized spacial score (nSPS) is 23.4. The molecule has 4 nitrogen and oxygen atoms in total. The molecule has 4 heteroatoms. The first-order valence-corrected chi connectivity index (χ1v) is 6.66. The van der Waals surface area contributed by atoms with Gasteiger partial charge in [-0.3, -0.25) is 4.79 Å². The summed E-state index contributed by atoms with van der Waals surface area (Å²) in [5.74, 6) is 0.960. The maximum atomic E-state index is 12.3. The zero-order valence-corrected chi connectivity index (χ0v) is 11.0. The summed E-state index contributed by atoms with van der Waals surface area (Å²) in [6, 6.07) is 0. The van der Waals surface area contributed by atoms with Crippen molar-refractivity contribution in [3.8, 4) is 0 Å². The van der Waals surface area contributed by atoms with Gasteiger partial charge in [0.05, 0.1) is 5.41 Å². The van der Waals surface area contributed by atoms with E-state index in [-0.39, 0.29) is 5.41 Å². The van der Waals surface area contributed by atoms with E-state index in [0.717, 1.165) is 52.0 Å². The molecule has 1 amide bonds.